The Morgan fingerprint density at radius 1 is 0.896 bits per heavy atom. The average Bonchev–Trinajstić information content (AvgIpc) is 3.05. The molecule has 1 aliphatic heterocycles. The van der Waals surface area contributed by atoms with Gasteiger partial charge in [0.1, 0.15) is 5.75 Å². The summed E-state index contributed by atoms with van der Waals surface area (Å²) >= 11 is 0. The van der Waals surface area contributed by atoms with E-state index < -0.39 is 41.0 Å². The summed E-state index contributed by atoms with van der Waals surface area (Å²) in [5.74, 6) is -0.351. The van der Waals surface area contributed by atoms with Crippen LogP contribution in [0.2, 0.25) is 0 Å². The van der Waals surface area contributed by atoms with Crippen LogP contribution in [0.1, 0.15) is 38.2 Å². The molecule has 1 atom stereocenters. The molecule has 256 valence electrons. The third-order valence-electron chi connectivity index (χ3n) is 8.19. The fourth-order valence-corrected chi connectivity index (χ4v) is 5.74. The lowest BCUT2D eigenvalue weighted by molar-refractivity contribution is -0.143. The summed E-state index contributed by atoms with van der Waals surface area (Å²) in [5, 5.41) is 0.962. The van der Waals surface area contributed by atoms with Gasteiger partial charge in [-0.15, -0.1) is 0 Å². The first-order valence-electron chi connectivity index (χ1n) is 15.3. The molecular weight excluding hydrogens is 640 g/mol. The number of rotatable bonds is 11. The Balaban J connectivity index is 1.43. The standard InChI is InChI=1S/C35H35F6N3O4/c1-23-5-6-24(16-32(23)48-22-47-13-12-46-2)15-30-21-43(20-25-7-8-31-26(14-25)4-3-9-42-31)10-11-44(30)33(45)27-17-28(34(36,37)38)19-29(18-27)35(39,40)41/h3-9,14,16-19,30H,10-13,15,20-22H2,1-2H3/t30-/m1/s1. The van der Waals surface area contributed by atoms with Crippen LogP contribution in [0.5, 0.6) is 5.75 Å². The SMILES string of the molecule is COCCOCOc1cc(C[C@@H]2CN(Cc3ccc4ncccc4c3)CCN2C(=O)c2cc(C(F)(F)F)cc(C(F)(F)F)c2)ccc1C. The number of carbonyl (C=O) groups is 1. The maximum absolute atomic E-state index is 13.8. The molecule has 1 saturated heterocycles. The maximum atomic E-state index is 13.8. The summed E-state index contributed by atoms with van der Waals surface area (Å²) < 4.78 is 98.1. The number of alkyl halides is 6. The van der Waals surface area contributed by atoms with E-state index >= 15 is 0 Å². The van der Waals surface area contributed by atoms with Crippen molar-refractivity contribution in [1.29, 1.82) is 0 Å². The Bertz CT molecular complexity index is 1700. The van der Waals surface area contributed by atoms with E-state index in [1.54, 1.807) is 19.4 Å². The van der Waals surface area contributed by atoms with E-state index in [-0.39, 0.29) is 25.8 Å². The molecule has 48 heavy (non-hydrogen) atoms. The minimum atomic E-state index is -5.07. The van der Waals surface area contributed by atoms with Gasteiger partial charge in [0.2, 0.25) is 0 Å². The van der Waals surface area contributed by atoms with Gasteiger partial charge in [0.25, 0.3) is 5.91 Å². The van der Waals surface area contributed by atoms with E-state index in [1.165, 1.54) is 4.90 Å². The number of fused-ring (bicyclic) bond motifs is 1. The van der Waals surface area contributed by atoms with Gasteiger partial charge in [-0.25, -0.2) is 0 Å². The second-order valence-electron chi connectivity index (χ2n) is 11.7. The first-order chi connectivity index (χ1) is 22.8. The third-order valence-corrected chi connectivity index (χ3v) is 8.19. The number of nitrogens with zero attached hydrogens (tertiary/aromatic N) is 3. The molecule has 7 nitrogen and oxygen atoms in total. The molecule has 0 aliphatic carbocycles. The predicted molar refractivity (Wildman–Crippen MR) is 166 cm³/mol. The number of benzene rings is 3. The van der Waals surface area contributed by atoms with Crippen molar-refractivity contribution < 1.29 is 45.3 Å². The Kier molecular flexibility index (Phi) is 10.9. The van der Waals surface area contributed by atoms with Gasteiger partial charge in [0.15, 0.2) is 6.79 Å². The second kappa shape index (κ2) is 14.9. The fourth-order valence-electron chi connectivity index (χ4n) is 5.74. The maximum Gasteiger partial charge on any atom is 0.416 e. The Morgan fingerprint density at radius 3 is 2.33 bits per heavy atom. The van der Waals surface area contributed by atoms with E-state index in [9.17, 15) is 31.1 Å². The van der Waals surface area contributed by atoms with Crippen LogP contribution in [-0.4, -0.2) is 73.5 Å². The van der Waals surface area contributed by atoms with Crippen LogP contribution in [0.15, 0.2) is 72.9 Å². The van der Waals surface area contributed by atoms with Crippen molar-refractivity contribution in [3.63, 3.8) is 0 Å². The number of amides is 1. The average molecular weight is 676 g/mol. The van der Waals surface area contributed by atoms with Gasteiger partial charge in [-0.3, -0.25) is 14.7 Å². The van der Waals surface area contributed by atoms with Crippen LogP contribution in [0.3, 0.4) is 0 Å². The molecule has 0 radical (unpaired) electrons. The first-order valence-corrected chi connectivity index (χ1v) is 15.3. The lowest BCUT2D eigenvalue weighted by Gasteiger charge is -2.42. The van der Waals surface area contributed by atoms with Gasteiger partial charge < -0.3 is 19.1 Å². The minimum absolute atomic E-state index is 0.0200. The molecule has 0 unspecified atom stereocenters. The molecule has 0 saturated carbocycles. The van der Waals surface area contributed by atoms with Crippen molar-refractivity contribution in [3.8, 4) is 5.75 Å². The molecule has 0 spiro atoms. The largest absolute Gasteiger partial charge is 0.467 e. The monoisotopic (exact) mass is 675 g/mol. The number of carbonyl (C=O) groups excluding carboxylic acids is 1. The van der Waals surface area contributed by atoms with Crippen LogP contribution >= 0.6 is 0 Å². The molecule has 3 aromatic carbocycles. The van der Waals surface area contributed by atoms with Crippen molar-refractivity contribution in [2.45, 2.75) is 38.3 Å². The normalized spacial score (nSPS) is 16.0. The van der Waals surface area contributed by atoms with E-state index in [0.29, 0.717) is 50.7 Å². The fraction of sp³-hybridized carbons (Fsp3) is 0.371. The van der Waals surface area contributed by atoms with Crippen LogP contribution in [0.25, 0.3) is 10.9 Å². The van der Waals surface area contributed by atoms with Crippen LogP contribution in [-0.2, 0) is 34.8 Å². The molecule has 1 aromatic heterocycles. The molecular formula is C35H35F6N3O4. The molecule has 0 bridgehead atoms. The zero-order valence-corrected chi connectivity index (χ0v) is 26.4. The summed E-state index contributed by atoms with van der Waals surface area (Å²) in [7, 11) is 1.56. The summed E-state index contributed by atoms with van der Waals surface area (Å²) in [5.41, 5.74) is -0.282. The number of hydrogen-bond donors (Lipinski definition) is 0. The van der Waals surface area contributed by atoms with E-state index in [0.717, 1.165) is 27.6 Å². The molecule has 1 fully saturated rings. The van der Waals surface area contributed by atoms with Crippen LogP contribution in [0, 0.1) is 6.92 Å². The topological polar surface area (TPSA) is 64.1 Å². The number of halogens is 6. The zero-order valence-electron chi connectivity index (χ0n) is 26.4. The number of hydrogen-bond acceptors (Lipinski definition) is 6. The van der Waals surface area contributed by atoms with Gasteiger partial charge in [-0.1, -0.05) is 24.3 Å². The number of methoxy groups -OCH3 is 1. The molecule has 5 rings (SSSR count). The van der Waals surface area contributed by atoms with Gasteiger partial charge in [0.05, 0.1) is 29.9 Å². The smallest absolute Gasteiger partial charge is 0.416 e. The van der Waals surface area contributed by atoms with Gasteiger partial charge in [-0.2, -0.15) is 26.3 Å². The van der Waals surface area contributed by atoms with Crippen molar-refractivity contribution in [2.24, 2.45) is 0 Å². The van der Waals surface area contributed by atoms with E-state index in [2.05, 4.69) is 9.88 Å². The lowest BCUT2D eigenvalue weighted by Crippen LogP contribution is -2.55. The molecule has 1 amide bonds. The van der Waals surface area contributed by atoms with Crippen molar-refractivity contribution in [3.05, 3.63) is 106 Å². The first kappa shape index (κ1) is 35.1. The highest BCUT2D eigenvalue weighted by Gasteiger charge is 2.39. The molecule has 1 aliphatic rings. The molecule has 0 N–H and O–H groups in total. The summed E-state index contributed by atoms with van der Waals surface area (Å²) in [4.78, 5) is 21.7. The molecule has 2 heterocycles. The highest BCUT2D eigenvalue weighted by Crippen LogP contribution is 2.37. The third kappa shape index (κ3) is 8.82. The minimum Gasteiger partial charge on any atom is -0.467 e. The number of aromatic nitrogens is 1. The highest BCUT2D eigenvalue weighted by atomic mass is 19.4. The van der Waals surface area contributed by atoms with Gasteiger partial charge >= 0.3 is 12.4 Å². The van der Waals surface area contributed by atoms with Crippen LogP contribution in [0.4, 0.5) is 26.3 Å². The summed E-state index contributed by atoms with van der Waals surface area (Å²) in [6.07, 6.45) is -8.16. The van der Waals surface area contributed by atoms with Gasteiger partial charge in [-0.05, 0) is 72.5 Å². The summed E-state index contributed by atoms with van der Waals surface area (Å²) in [6, 6.07) is 15.6. The predicted octanol–water partition coefficient (Wildman–Crippen LogP) is 7.15. The Morgan fingerprint density at radius 2 is 1.62 bits per heavy atom. The van der Waals surface area contributed by atoms with Gasteiger partial charge in [0, 0.05) is 56.5 Å². The van der Waals surface area contributed by atoms with Crippen molar-refractivity contribution >= 4 is 16.8 Å². The van der Waals surface area contributed by atoms with Crippen molar-refractivity contribution in [2.75, 3.05) is 46.8 Å². The Hall–Kier alpha value is -4.20. The van der Waals surface area contributed by atoms with E-state index in [1.807, 2.05) is 49.4 Å². The number of ether oxygens (including phenoxy) is 3. The zero-order chi connectivity index (χ0) is 34.5. The highest BCUT2D eigenvalue weighted by molar-refractivity contribution is 5.95. The quantitative estimate of drug-likeness (QED) is 0.0957. The Labute approximate surface area is 274 Å². The number of aryl methyl sites for hydroxylation is 1. The van der Waals surface area contributed by atoms with Crippen molar-refractivity contribution in [1.82, 2.24) is 14.8 Å². The second-order valence-corrected chi connectivity index (χ2v) is 11.7. The summed E-state index contributed by atoms with van der Waals surface area (Å²) in [6.45, 7) is 3.88. The van der Waals surface area contributed by atoms with E-state index in [4.69, 9.17) is 14.2 Å². The lowest BCUT2D eigenvalue weighted by atomic mass is 9.98. The van der Waals surface area contributed by atoms with Crippen LogP contribution < -0.4 is 4.74 Å². The molecule has 13 heteroatoms. The number of piperazine rings is 1. The molecule has 4 aromatic rings. The number of pyridine rings is 1.